The first-order chi connectivity index (χ1) is 7.99. The molecule has 1 fully saturated rings. The van der Waals surface area contributed by atoms with E-state index in [1.165, 1.54) is 12.1 Å². The Kier molecular flexibility index (Phi) is 3.00. The Labute approximate surface area is 97.3 Å². The minimum absolute atomic E-state index is 0.0710. The smallest absolute Gasteiger partial charge is 0.387 e. The number of halogens is 2. The van der Waals surface area contributed by atoms with Crippen LogP contribution in [0.1, 0.15) is 25.3 Å². The molecule has 5 heteroatoms. The van der Waals surface area contributed by atoms with E-state index in [9.17, 15) is 13.6 Å². The van der Waals surface area contributed by atoms with Gasteiger partial charge in [0.05, 0.1) is 0 Å². The van der Waals surface area contributed by atoms with Gasteiger partial charge in [-0.05, 0) is 24.6 Å². The molecule has 0 bridgehead atoms. The van der Waals surface area contributed by atoms with E-state index in [0.717, 1.165) is 0 Å². The summed E-state index contributed by atoms with van der Waals surface area (Å²) in [6.07, 6.45) is 0.889. The second-order valence-electron chi connectivity index (χ2n) is 4.11. The Morgan fingerprint density at radius 3 is 2.82 bits per heavy atom. The van der Waals surface area contributed by atoms with Crippen LogP contribution in [0.2, 0.25) is 0 Å². The second-order valence-corrected chi connectivity index (χ2v) is 4.11. The van der Waals surface area contributed by atoms with Crippen LogP contribution in [0, 0.1) is 0 Å². The van der Waals surface area contributed by atoms with Crippen molar-refractivity contribution >= 4 is 5.97 Å². The van der Waals surface area contributed by atoms with Crippen molar-refractivity contribution in [3.05, 3.63) is 29.8 Å². The number of cyclic esters (lactones) is 1. The molecule has 0 amide bonds. The summed E-state index contributed by atoms with van der Waals surface area (Å²) >= 11 is 0. The molecule has 0 aromatic heterocycles. The average molecular weight is 242 g/mol. The fourth-order valence-electron chi connectivity index (χ4n) is 1.90. The molecule has 92 valence electrons. The molecule has 0 N–H and O–H groups in total. The molecule has 1 unspecified atom stereocenters. The zero-order chi connectivity index (χ0) is 12.5. The summed E-state index contributed by atoms with van der Waals surface area (Å²) < 4.78 is 33.7. The largest absolute Gasteiger partial charge is 0.454 e. The van der Waals surface area contributed by atoms with Crippen molar-refractivity contribution in [2.24, 2.45) is 0 Å². The third kappa shape index (κ3) is 2.54. The van der Waals surface area contributed by atoms with Crippen molar-refractivity contribution in [2.45, 2.75) is 32.0 Å². The first-order valence-electron chi connectivity index (χ1n) is 5.27. The van der Waals surface area contributed by atoms with Crippen LogP contribution in [0.4, 0.5) is 8.78 Å². The van der Waals surface area contributed by atoms with Crippen molar-refractivity contribution in [2.75, 3.05) is 0 Å². The number of hydrogen-bond donors (Lipinski definition) is 0. The van der Waals surface area contributed by atoms with E-state index in [-0.39, 0.29) is 11.7 Å². The molecule has 1 aliphatic heterocycles. The number of hydrogen-bond acceptors (Lipinski definition) is 3. The van der Waals surface area contributed by atoms with Crippen molar-refractivity contribution in [1.82, 2.24) is 0 Å². The molecule has 0 saturated carbocycles. The van der Waals surface area contributed by atoms with Gasteiger partial charge in [0.1, 0.15) is 11.4 Å². The van der Waals surface area contributed by atoms with Crippen LogP contribution in [0.25, 0.3) is 0 Å². The number of carbonyl (C=O) groups is 1. The zero-order valence-corrected chi connectivity index (χ0v) is 9.28. The highest BCUT2D eigenvalue weighted by Crippen LogP contribution is 2.37. The SMILES string of the molecule is CC1(c2cccc(OC(F)F)c2)CCC(=O)O1. The molecular weight excluding hydrogens is 230 g/mol. The van der Waals surface area contributed by atoms with E-state index in [1.54, 1.807) is 19.1 Å². The maximum atomic E-state index is 12.1. The van der Waals surface area contributed by atoms with Crippen LogP contribution in [0.15, 0.2) is 24.3 Å². The van der Waals surface area contributed by atoms with E-state index in [1.807, 2.05) is 0 Å². The average Bonchev–Trinajstić information content (AvgIpc) is 2.59. The van der Waals surface area contributed by atoms with Crippen LogP contribution < -0.4 is 4.74 Å². The molecule has 1 aromatic rings. The maximum Gasteiger partial charge on any atom is 0.387 e. The number of carbonyl (C=O) groups excluding carboxylic acids is 1. The number of benzene rings is 1. The standard InChI is InChI=1S/C12H12F2O3/c1-12(6-5-10(15)17-12)8-3-2-4-9(7-8)16-11(13)14/h2-4,7,11H,5-6H2,1H3. The summed E-state index contributed by atoms with van der Waals surface area (Å²) in [6, 6.07) is 6.25. The van der Waals surface area contributed by atoms with Crippen LogP contribution in [-0.4, -0.2) is 12.6 Å². The number of ether oxygens (including phenoxy) is 2. The molecule has 1 aliphatic rings. The summed E-state index contributed by atoms with van der Waals surface area (Å²) in [5, 5.41) is 0. The summed E-state index contributed by atoms with van der Waals surface area (Å²) in [5.74, 6) is -0.200. The lowest BCUT2D eigenvalue weighted by atomic mass is 9.93. The van der Waals surface area contributed by atoms with Gasteiger partial charge >= 0.3 is 12.6 Å². The predicted octanol–water partition coefficient (Wildman–Crippen LogP) is 2.84. The Bertz CT molecular complexity index is 434. The van der Waals surface area contributed by atoms with Crippen molar-refractivity contribution in [3.63, 3.8) is 0 Å². The predicted molar refractivity (Wildman–Crippen MR) is 55.8 cm³/mol. The van der Waals surface area contributed by atoms with E-state index >= 15 is 0 Å². The minimum atomic E-state index is -2.86. The third-order valence-corrected chi connectivity index (χ3v) is 2.82. The van der Waals surface area contributed by atoms with Gasteiger partial charge in [-0.2, -0.15) is 8.78 Å². The number of rotatable bonds is 3. The van der Waals surface area contributed by atoms with Gasteiger partial charge in [0.15, 0.2) is 0 Å². The Hall–Kier alpha value is -1.65. The van der Waals surface area contributed by atoms with Gasteiger partial charge in [-0.25, -0.2) is 0 Å². The normalized spacial score (nSPS) is 23.9. The fraction of sp³-hybridized carbons (Fsp3) is 0.417. The lowest BCUT2D eigenvalue weighted by Crippen LogP contribution is -2.21. The summed E-state index contributed by atoms with van der Waals surface area (Å²) in [5.41, 5.74) is -0.0695. The quantitative estimate of drug-likeness (QED) is 0.764. The summed E-state index contributed by atoms with van der Waals surface area (Å²) in [7, 11) is 0. The highest BCUT2D eigenvalue weighted by Gasteiger charge is 2.37. The van der Waals surface area contributed by atoms with Crippen LogP contribution >= 0.6 is 0 Å². The molecular formula is C12H12F2O3. The summed E-state index contributed by atoms with van der Waals surface area (Å²) in [6.45, 7) is -1.09. The Morgan fingerprint density at radius 2 is 2.24 bits per heavy atom. The van der Waals surface area contributed by atoms with Gasteiger partial charge in [0.2, 0.25) is 0 Å². The lowest BCUT2D eigenvalue weighted by molar-refractivity contribution is -0.147. The highest BCUT2D eigenvalue weighted by molar-refractivity contribution is 5.72. The molecule has 0 aliphatic carbocycles. The number of alkyl halides is 2. The third-order valence-electron chi connectivity index (χ3n) is 2.82. The van der Waals surface area contributed by atoms with E-state index in [4.69, 9.17) is 4.74 Å². The highest BCUT2D eigenvalue weighted by atomic mass is 19.3. The van der Waals surface area contributed by atoms with Crippen LogP contribution in [-0.2, 0) is 15.1 Å². The van der Waals surface area contributed by atoms with Crippen molar-refractivity contribution in [3.8, 4) is 5.75 Å². The van der Waals surface area contributed by atoms with Gasteiger partial charge in [-0.3, -0.25) is 4.79 Å². The number of esters is 1. The second kappa shape index (κ2) is 4.31. The molecule has 3 nitrogen and oxygen atoms in total. The Morgan fingerprint density at radius 1 is 1.47 bits per heavy atom. The molecule has 1 aromatic carbocycles. The maximum absolute atomic E-state index is 12.1. The van der Waals surface area contributed by atoms with Crippen molar-refractivity contribution < 1.29 is 23.0 Å². The fourth-order valence-corrected chi connectivity index (χ4v) is 1.90. The summed E-state index contributed by atoms with van der Waals surface area (Å²) in [4.78, 5) is 11.1. The molecule has 1 heterocycles. The van der Waals surface area contributed by atoms with E-state index in [2.05, 4.69) is 4.74 Å². The molecule has 0 spiro atoms. The van der Waals surface area contributed by atoms with Gasteiger partial charge in [0, 0.05) is 12.8 Å². The minimum Gasteiger partial charge on any atom is -0.454 e. The molecule has 2 rings (SSSR count). The molecule has 17 heavy (non-hydrogen) atoms. The van der Waals surface area contributed by atoms with Crippen LogP contribution in [0.3, 0.4) is 0 Å². The van der Waals surface area contributed by atoms with Gasteiger partial charge in [-0.15, -0.1) is 0 Å². The first kappa shape index (κ1) is 11.8. The van der Waals surface area contributed by atoms with E-state index < -0.39 is 12.2 Å². The topological polar surface area (TPSA) is 35.5 Å². The van der Waals surface area contributed by atoms with Gasteiger partial charge in [-0.1, -0.05) is 12.1 Å². The monoisotopic (exact) mass is 242 g/mol. The Balaban J connectivity index is 2.24. The molecule has 1 saturated heterocycles. The first-order valence-corrected chi connectivity index (χ1v) is 5.27. The van der Waals surface area contributed by atoms with Crippen LogP contribution in [0.5, 0.6) is 5.75 Å². The van der Waals surface area contributed by atoms with Crippen molar-refractivity contribution in [1.29, 1.82) is 0 Å². The molecule has 0 radical (unpaired) electrons. The zero-order valence-electron chi connectivity index (χ0n) is 9.28. The molecule has 1 atom stereocenters. The van der Waals surface area contributed by atoms with E-state index in [0.29, 0.717) is 18.4 Å². The van der Waals surface area contributed by atoms with Gasteiger partial charge < -0.3 is 9.47 Å². The van der Waals surface area contributed by atoms with Gasteiger partial charge in [0.25, 0.3) is 0 Å². The lowest BCUT2D eigenvalue weighted by Gasteiger charge is -2.23.